The Morgan fingerprint density at radius 2 is 1.95 bits per heavy atom. The van der Waals surface area contributed by atoms with Gasteiger partial charge in [-0.3, -0.25) is 10.1 Å². The Morgan fingerprint density at radius 1 is 1.30 bits per heavy atom. The molecule has 0 aromatic heterocycles. The largest absolute Gasteiger partial charge is 0.327 e. The number of para-hydroxylation sites is 1. The number of nitro benzene ring substituents is 1. The van der Waals surface area contributed by atoms with Crippen LogP contribution < -0.4 is 5.73 Å². The molecular formula is C15H23N3O2. The summed E-state index contributed by atoms with van der Waals surface area (Å²) in [5.74, 6) is 0.278. The summed E-state index contributed by atoms with van der Waals surface area (Å²) in [5, 5.41) is 11.3. The molecule has 0 bridgehead atoms. The first-order chi connectivity index (χ1) is 9.52. The Labute approximate surface area is 119 Å². The highest BCUT2D eigenvalue weighted by Crippen LogP contribution is 2.39. The molecule has 5 nitrogen and oxygen atoms in total. The summed E-state index contributed by atoms with van der Waals surface area (Å²) in [6.45, 7) is 0. The van der Waals surface area contributed by atoms with Crippen molar-refractivity contribution in [3.05, 3.63) is 39.9 Å². The topological polar surface area (TPSA) is 72.4 Å². The summed E-state index contributed by atoms with van der Waals surface area (Å²) >= 11 is 0. The van der Waals surface area contributed by atoms with Gasteiger partial charge in [-0.25, -0.2) is 0 Å². The molecule has 1 saturated carbocycles. The predicted octanol–water partition coefficient (Wildman–Crippen LogP) is 2.71. The Balaban J connectivity index is 2.40. The van der Waals surface area contributed by atoms with Gasteiger partial charge in [0.25, 0.3) is 5.69 Å². The van der Waals surface area contributed by atoms with E-state index in [9.17, 15) is 10.1 Å². The molecule has 0 unspecified atom stereocenters. The van der Waals surface area contributed by atoms with Crippen LogP contribution in [0.5, 0.6) is 0 Å². The zero-order valence-corrected chi connectivity index (χ0v) is 12.2. The third-order valence-corrected chi connectivity index (χ3v) is 4.29. The highest BCUT2D eigenvalue weighted by molar-refractivity contribution is 5.42. The molecule has 1 aliphatic carbocycles. The molecule has 5 heteroatoms. The van der Waals surface area contributed by atoms with E-state index >= 15 is 0 Å². The van der Waals surface area contributed by atoms with Crippen LogP contribution in [0.3, 0.4) is 0 Å². The quantitative estimate of drug-likeness (QED) is 0.678. The van der Waals surface area contributed by atoms with Gasteiger partial charge in [-0.05, 0) is 32.9 Å². The van der Waals surface area contributed by atoms with Gasteiger partial charge in [-0.1, -0.05) is 31.0 Å². The second kappa shape index (κ2) is 6.33. The zero-order valence-electron chi connectivity index (χ0n) is 12.2. The van der Waals surface area contributed by atoms with Crippen molar-refractivity contribution < 1.29 is 4.92 Å². The van der Waals surface area contributed by atoms with Crippen molar-refractivity contribution in [2.45, 2.75) is 37.8 Å². The highest BCUT2D eigenvalue weighted by atomic mass is 16.6. The van der Waals surface area contributed by atoms with Gasteiger partial charge in [-0.2, -0.15) is 0 Å². The minimum Gasteiger partial charge on any atom is -0.327 e. The average Bonchev–Trinajstić information content (AvgIpc) is 2.41. The molecule has 20 heavy (non-hydrogen) atoms. The van der Waals surface area contributed by atoms with E-state index in [1.54, 1.807) is 12.1 Å². The van der Waals surface area contributed by atoms with Crippen LogP contribution in [0.25, 0.3) is 0 Å². The van der Waals surface area contributed by atoms with Gasteiger partial charge < -0.3 is 10.6 Å². The molecule has 1 fully saturated rings. The Morgan fingerprint density at radius 3 is 2.55 bits per heavy atom. The first-order valence-corrected chi connectivity index (χ1v) is 7.17. The molecule has 2 rings (SSSR count). The van der Waals surface area contributed by atoms with Crippen LogP contribution in [0.2, 0.25) is 0 Å². The molecule has 1 aromatic carbocycles. The van der Waals surface area contributed by atoms with E-state index in [0.717, 1.165) is 31.2 Å². The molecular weight excluding hydrogens is 254 g/mol. The second-order valence-electron chi connectivity index (χ2n) is 5.84. The molecule has 0 radical (unpaired) electrons. The van der Waals surface area contributed by atoms with E-state index in [4.69, 9.17) is 5.73 Å². The lowest BCUT2D eigenvalue weighted by Gasteiger charge is -2.38. The van der Waals surface area contributed by atoms with Crippen molar-refractivity contribution >= 4 is 5.69 Å². The molecule has 0 saturated heterocycles. The van der Waals surface area contributed by atoms with Gasteiger partial charge in [0, 0.05) is 23.7 Å². The number of rotatable bonds is 4. The summed E-state index contributed by atoms with van der Waals surface area (Å²) in [6.07, 6.45) is 4.36. The summed E-state index contributed by atoms with van der Waals surface area (Å²) in [7, 11) is 3.95. The van der Waals surface area contributed by atoms with Gasteiger partial charge in [0.15, 0.2) is 0 Å². The molecule has 3 atom stereocenters. The number of nitrogens with two attached hydrogens (primary N) is 1. The lowest BCUT2D eigenvalue weighted by Crippen LogP contribution is -2.41. The SMILES string of the molecule is CN(C)[C@@H](c1ccccc1[N+](=O)[O-])[C@@H]1CCCC[C@H]1N. The summed E-state index contributed by atoms with van der Waals surface area (Å²) < 4.78 is 0. The minimum atomic E-state index is -0.291. The van der Waals surface area contributed by atoms with Crippen molar-refractivity contribution in [3.8, 4) is 0 Å². The molecule has 0 amide bonds. The zero-order chi connectivity index (χ0) is 14.7. The molecule has 2 N–H and O–H groups in total. The smallest absolute Gasteiger partial charge is 0.274 e. The highest BCUT2D eigenvalue weighted by Gasteiger charge is 2.35. The summed E-state index contributed by atoms with van der Waals surface area (Å²) in [6, 6.07) is 7.16. The summed E-state index contributed by atoms with van der Waals surface area (Å²) in [4.78, 5) is 13.0. The van der Waals surface area contributed by atoms with E-state index in [1.807, 2.05) is 26.2 Å². The van der Waals surface area contributed by atoms with Crippen molar-refractivity contribution in [1.82, 2.24) is 4.90 Å². The molecule has 1 aliphatic rings. The maximum atomic E-state index is 11.3. The maximum Gasteiger partial charge on any atom is 0.274 e. The molecule has 110 valence electrons. The van der Waals surface area contributed by atoms with E-state index in [0.29, 0.717) is 0 Å². The van der Waals surface area contributed by atoms with Crippen LogP contribution in [-0.2, 0) is 0 Å². The van der Waals surface area contributed by atoms with Crippen molar-refractivity contribution in [2.24, 2.45) is 11.7 Å². The average molecular weight is 277 g/mol. The van der Waals surface area contributed by atoms with E-state index in [1.165, 1.54) is 0 Å². The normalized spacial score (nSPS) is 24.6. The Bertz CT molecular complexity index is 476. The predicted molar refractivity (Wildman–Crippen MR) is 79.5 cm³/mol. The minimum absolute atomic E-state index is 0.00639. The third kappa shape index (κ3) is 2.99. The van der Waals surface area contributed by atoms with Crippen LogP contribution in [-0.4, -0.2) is 30.0 Å². The molecule has 1 aromatic rings. The fourth-order valence-electron chi connectivity index (χ4n) is 3.38. The lowest BCUT2D eigenvalue weighted by atomic mass is 9.77. The maximum absolute atomic E-state index is 11.3. The van der Waals surface area contributed by atoms with Crippen molar-refractivity contribution in [2.75, 3.05) is 14.1 Å². The van der Waals surface area contributed by atoms with Crippen LogP contribution in [0.1, 0.15) is 37.3 Å². The molecule has 0 spiro atoms. The van der Waals surface area contributed by atoms with Gasteiger partial charge in [-0.15, -0.1) is 0 Å². The fraction of sp³-hybridized carbons (Fsp3) is 0.600. The van der Waals surface area contributed by atoms with Gasteiger partial charge in [0.1, 0.15) is 0 Å². The van der Waals surface area contributed by atoms with Crippen LogP contribution in [0, 0.1) is 16.0 Å². The fourth-order valence-corrected chi connectivity index (χ4v) is 3.38. The number of benzene rings is 1. The van der Waals surface area contributed by atoms with Gasteiger partial charge in [0.2, 0.25) is 0 Å². The summed E-state index contributed by atoms with van der Waals surface area (Å²) in [5.41, 5.74) is 7.27. The first kappa shape index (κ1) is 14.9. The third-order valence-electron chi connectivity index (χ3n) is 4.29. The van der Waals surface area contributed by atoms with Crippen LogP contribution in [0.15, 0.2) is 24.3 Å². The molecule has 0 heterocycles. The number of nitro groups is 1. The number of hydrogen-bond acceptors (Lipinski definition) is 4. The van der Waals surface area contributed by atoms with E-state index in [-0.39, 0.29) is 28.6 Å². The van der Waals surface area contributed by atoms with Gasteiger partial charge >= 0.3 is 0 Å². The van der Waals surface area contributed by atoms with Gasteiger partial charge in [0.05, 0.1) is 4.92 Å². The Hall–Kier alpha value is -1.46. The van der Waals surface area contributed by atoms with Crippen LogP contribution >= 0.6 is 0 Å². The van der Waals surface area contributed by atoms with Crippen molar-refractivity contribution in [1.29, 1.82) is 0 Å². The second-order valence-corrected chi connectivity index (χ2v) is 5.84. The van der Waals surface area contributed by atoms with Crippen molar-refractivity contribution in [3.63, 3.8) is 0 Å². The first-order valence-electron chi connectivity index (χ1n) is 7.17. The number of hydrogen-bond donors (Lipinski definition) is 1. The number of nitrogens with zero attached hydrogens (tertiary/aromatic N) is 2. The van der Waals surface area contributed by atoms with Crippen LogP contribution in [0.4, 0.5) is 5.69 Å². The van der Waals surface area contributed by atoms with E-state index < -0.39 is 0 Å². The Kier molecular flexibility index (Phi) is 4.73. The van der Waals surface area contributed by atoms with E-state index in [2.05, 4.69) is 4.90 Å². The molecule has 0 aliphatic heterocycles. The standard InChI is InChI=1S/C15H23N3O2/c1-17(2)15(11-7-3-5-9-13(11)16)12-8-4-6-10-14(12)18(19)20/h4,6,8,10-11,13,15H,3,5,7,9,16H2,1-2H3/t11-,13-,15-/m1/s1. The monoisotopic (exact) mass is 277 g/mol. The lowest BCUT2D eigenvalue weighted by molar-refractivity contribution is -0.386.